The predicted octanol–water partition coefficient (Wildman–Crippen LogP) is 2.32. The first-order valence-corrected chi connectivity index (χ1v) is 9.90. The Kier molecular flexibility index (Phi) is 7.45. The highest BCUT2D eigenvalue weighted by molar-refractivity contribution is 5.94. The Balaban J connectivity index is 1.38. The number of nitrogens with one attached hydrogen (secondary N) is 1. The van der Waals surface area contributed by atoms with E-state index in [4.69, 9.17) is 0 Å². The molecular formula is C22H23FN4O4. The second kappa shape index (κ2) is 10.4. The van der Waals surface area contributed by atoms with Crippen LogP contribution >= 0.6 is 0 Å². The number of nitro benzene ring substituents is 1. The zero-order valence-electron chi connectivity index (χ0n) is 16.9. The molecular weight excluding hydrogens is 403 g/mol. The van der Waals surface area contributed by atoms with Crippen molar-refractivity contribution < 1.29 is 18.9 Å². The Bertz CT molecular complexity index is 952. The van der Waals surface area contributed by atoms with E-state index in [-0.39, 0.29) is 23.3 Å². The number of nitrogens with zero attached hydrogens (tertiary/aromatic N) is 3. The van der Waals surface area contributed by atoms with Crippen molar-refractivity contribution in [2.45, 2.75) is 0 Å². The molecule has 162 valence electrons. The van der Waals surface area contributed by atoms with Crippen molar-refractivity contribution in [2.75, 3.05) is 39.3 Å². The molecule has 0 bridgehead atoms. The molecule has 0 unspecified atom stereocenters. The van der Waals surface area contributed by atoms with Crippen LogP contribution in [-0.4, -0.2) is 65.8 Å². The van der Waals surface area contributed by atoms with E-state index in [0.717, 1.165) is 5.56 Å². The maximum Gasteiger partial charge on any atom is 0.269 e. The third-order valence-corrected chi connectivity index (χ3v) is 5.03. The van der Waals surface area contributed by atoms with Crippen LogP contribution in [0.2, 0.25) is 0 Å². The van der Waals surface area contributed by atoms with E-state index >= 15 is 0 Å². The predicted molar refractivity (Wildman–Crippen MR) is 114 cm³/mol. The van der Waals surface area contributed by atoms with E-state index in [1.807, 2.05) is 0 Å². The number of hydrogen-bond donors (Lipinski definition) is 1. The van der Waals surface area contributed by atoms with E-state index in [0.29, 0.717) is 44.8 Å². The van der Waals surface area contributed by atoms with Gasteiger partial charge in [-0.2, -0.15) is 0 Å². The molecule has 0 aliphatic carbocycles. The maximum absolute atomic E-state index is 12.9. The first kappa shape index (κ1) is 22.1. The van der Waals surface area contributed by atoms with Crippen LogP contribution in [0.5, 0.6) is 0 Å². The van der Waals surface area contributed by atoms with Gasteiger partial charge in [-0.25, -0.2) is 4.39 Å². The van der Waals surface area contributed by atoms with Crippen LogP contribution in [0.25, 0.3) is 6.08 Å². The molecule has 3 rings (SSSR count). The van der Waals surface area contributed by atoms with Crippen molar-refractivity contribution >= 4 is 23.6 Å². The van der Waals surface area contributed by atoms with Crippen molar-refractivity contribution in [1.29, 1.82) is 0 Å². The molecule has 2 aromatic rings. The normalized spacial score (nSPS) is 14.5. The minimum absolute atomic E-state index is 0.00783. The molecule has 0 atom stereocenters. The Hall–Kier alpha value is -3.59. The summed E-state index contributed by atoms with van der Waals surface area (Å²) in [6.07, 6.45) is 3.11. The number of amides is 2. The highest BCUT2D eigenvalue weighted by Crippen LogP contribution is 2.13. The molecule has 1 saturated heterocycles. The Morgan fingerprint density at radius 1 is 1.03 bits per heavy atom. The topological polar surface area (TPSA) is 95.8 Å². The van der Waals surface area contributed by atoms with Gasteiger partial charge in [-0.1, -0.05) is 0 Å². The quantitative estimate of drug-likeness (QED) is 0.417. The molecule has 2 aromatic carbocycles. The summed E-state index contributed by atoms with van der Waals surface area (Å²) in [6, 6.07) is 11.4. The summed E-state index contributed by atoms with van der Waals surface area (Å²) in [7, 11) is 0. The van der Waals surface area contributed by atoms with Gasteiger partial charge in [0.1, 0.15) is 5.82 Å². The molecule has 0 spiro atoms. The lowest BCUT2D eigenvalue weighted by Crippen LogP contribution is -2.49. The minimum atomic E-state index is -0.466. The molecule has 1 fully saturated rings. The lowest BCUT2D eigenvalue weighted by molar-refractivity contribution is -0.384. The van der Waals surface area contributed by atoms with Crippen molar-refractivity contribution in [3.63, 3.8) is 0 Å². The van der Waals surface area contributed by atoms with Crippen LogP contribution in [-0.2, 0) is 4.79 Å². The average Bonchev–Trinajstić information content (AvgIpc) is 2.78. The molecule has 1 N–H and O–H groups in total. The lowest BCUT2D eigenvalue weighted by Gasteiger charge is -2.34. The number of rotatable bonds is 7. The number of nitro groups is 1. The van der Waals surface area contributed by atoms with Gasteiger partial charge < -0.3 is 10.2 Å². The molecule has 1 aliphatic rings. The lowest BCUT2D eigenvalue weighted by atomic mass is 10.2. The van der Waals surface area contributed by atoms with Crippen molar-refractivity contribution in [1.82, 2.24) is 15.1 Å². The van der Waals surface area contributed by atoms with Crippen molar-refractivity contribution in [3.05, 3.63) is 81.7 Å². The fourth-order valence-electron chi connectivity index (χ4n) is 3.20. The highest BCUT2D eigenvalue weighted by atomic mass is 19.1. The number of hydrogen-bond acceptors (Lipinski definition) is 5. The van der Waals surface area contributed by atoms with Gasteiger partial charge in [0.25, 0.3) is 11.6 Å². The van der Waals surface area contributed by atoms with Crippen LogP contribution in [0.15, 0.2) is 54.6 Å². The van der Waals surface area contributed by atoms with E-state index in [1.165, 1.54) is 42.5 Å². The second-order valence-electron chi connectivity index (χ2n) is 7.11. The molecule has 0 saturated carbocycles. The van der Waals surface area contributed by atoms with E-state index < -0.39 is 4.92 Å². The second-order valence-corrected chi connectivity index (χ2v) is 7.11. The highest BCUT2D eigenvalue weighted by Gasteiger charge is 2.19. The van der Waals surface area contributed by atoms with E-state index in [1.54, 1.807) is 23.1 Å². The smallest absolute Gasteiger partial charge is 0.269 e. The zero-order chi connectivity index (χ0) is 22.2. The molecule has 0 aromatic heterocycles. The fraction of sp³-hybridized carbons (Fsp3) is 0.273. The molecule has 31 heavy (non-hydrogen) atoms. The standard InChI is InChI=1S/C22H23FN4O4/c23-19-6-4-18(5-7-19)22(29)24-11-12-25-13-15-26(16-14-25)21(28)10-3-17-1-8-20(9-2-17)27(30)31/h1-10H,11-16H2,(H,24,29)/b10-3+. The number of benzene rings is 2. The van der Waals surface area contributed by atoms with E-state index in [2.05, 4.69) is 10.2 Å². The van der Waals surface area contributed by atoms with Crippen LogP contribution in [0.4, 0.5) is 10.1 Å². The monoisotopic (exact) mass is 426 g/mol. The maximum atomic E-state index is 12.9. The molecule has 2 amide bonds. The number of piperazine rings is 1. The van der Waals surface area contributed by atoms with Crippen LogP contribution in [0.3, 0.4) is 0 Å². The van der Waals surface area contributed by atoms with Crippen molar-refractivity contribution in [2.24, 2.45) is 0 Å². The number of carbonyl (C=O) groups is 2. The molecule has 8 nitrogen and oxygen atoms in total. The molecule has 1 heterocycles. The number of non-ortho nitro benzene ring substituents is 1. The van der Waals surface area contributed by atoms with Crippen LogP contribution in [0, 0.1) is 15.9 Å². The SMILES string of the molecule is O=C(NCCN1CCN(C(=O)/C=C/c2ccc([N+](=O)[O-])cc2)CC1)c1ccc(F)cc1. The van der Waals surface area contributed by atoms with Crippen LogP contribution in [0.1, 0.15) is 15.9 Å². The summed E-state index contributed by atoms with van der Waals surface area (Å²) in [5.41, 5.74) is 1.14. The largest absolute Gasteiger partial charge is 0.351 e. The molecule has 0 radical (unpaired) electrons. The summed E-state index contributed by atoms with van der Waals surface area (Å²) in [5.74, 6) is -0.737. The van der Waals surface area contributed by atoms with Gasteiger partial charge in [0, 0.05) is 63.0 Å². The summed E-state index contributed by atoms with van der Waals surface area (Å²) in [4.78, 5) is 38.5. The average molecular weight is 426 g/mol. The summed E-state index contributed by atoms with van der Waals surface area (Å²) in [5, 5.41) is 13.5. The van der Waals surface area contributed by atoms with Gasteiger partial charge in [-0.05, 0) is 48.0 Å². The fourth-order valence-corrected chi connectivity index (χ4v) is 3.20. The van der Waals surface area contributed by atoms with Gasteiger partial charge >= 0.3 is 0 Å². The van der Waals surface area contributed by atoms with E-state index in [9.17, 15) is 24.1 Å². The first-order chi connectivity index (χ1) is 14.9. The Morgan fingerprint density at radius 3 is 2.29 bits per heavy atom. The number of carbonyl (C=O) groups excluding carboxylic acids is 2. The third kappa shape index (κ3) is 6.45. The number of halogens is 1. The van der Waals surface area contributed by atoms with Gasteiger partial charge in [0.15, 0.2) is 0 Å². The van der Waals surface area contributed by atoms with Gasteiger partial charge in [-0.15, -0.1) is 0 Å². The Morgan fingerprint density at radius 2 is 1.68 bits per heavy atom. The van der Waals surface area contributed by atoms with Crippen LogP contribution < -0.4 is 5.32 Å². The Labute approximate surface area is 179 Å². The first-order valence-electron chi connectivity index (χ1n) is 9.90. The molecule has 1 aliphatic heterocycles. The third-order valence-electron chi connectivity index (χ3n) is 5.03. The molecule has 9 heteroatoms. The van der Waals surface area contributed by atoms with Gasteiger partial charge in [0.2, 0.25) is 5.91 Å². The summed E-state index contributed by atoms with van der Waals surface area (Å²) < 4.78 is 12.9. The van der Waals surface area contributed by atoms with Crippen molar-refractivity contribution in [3.8, 4) is 0 Å². The minimum Gasteiger partial charge on any atom is -0.351 e. The van der Waals surface area contributed by atoms with Gasteiger partial charge in [0.05, 0.1) is 4.92 Å². The summed E-state index contributed by atoms with van der Waals surface area (Å²) >= 11 is 0. The zero-order valence-corrected chi connectivity index (χ0v) is 16.9. The van der Waals surface area contributed by atoms with Gasteiger partial charge in [-0.3, -0.25) is 24.6 Å². The summed E-state index contributed by atoms with van der Waals surface area (Å²) in [6.45, 7) is 3.68.